The van der Waals surface area contributed by atoms with Gasteiger partial charge in [-0.1, -0.05) is 18.3 Å². The summed E-state index contributed by atoms with van der Waals surface area (Å²) in [5, 5.41) is 22.2. The Hall–Kier alpha value is -1.74. The van der Waals surface area contributed by atoms with Crippen LogP contribution in [0, 0.1) is 0 Å². The minimum Gasteiger partial charge on any atom is -0.480 e. The van der Waals surface area contributed by atoms with Crippen molar-refractivity contribution in [1.29, 1.82) is 0 Å². The standard InChI is InChI=1S/C9H14N4O4S/c1-3-6-12-13-9(18-6)11-8(16)10-5(4-17-2)7(14)15/h5H,3-4H2,1-2H3,(H,14,15)(H2,10,11,13,16). The predicted molar refractivity (Wildman–Crippen MR) is 64.7 cm³/mol. The average molecular weight is 274 g/mol. The predicted octanol–water partition coefficient (Wildman–Crippen LogP) is 0.322. The molecule has 0 aliphatic heterocycles. The fourth-order valence-corrected chi connectivity index (χ4v) is 1.75. The third-order valence-electron chi connectivity index (χ3n) is 1.93. The molecule has 0 aliphatic rings. The highest BCUT2D eigenvalue weighted by atomic mass is 32.1. The van der Waals surface area contributed by atoms with Gasteiger partial charge in [0.1, 0.15) is 5.01 Å². The number of carboxylic acids is 1. The number of urea groups is 1. The minimum absolute atomic E-state index is 0.112. The number of nitrogens with one attached hydrogen (secondary N) is 2. The van der Waals surface area contributed by atoms with Gasteiger partial charge in [0.25, 0.3) is 0 Å². The third kappa shape index (κ3) is 4.26. The molecule has 1 rings (SSSR count). The lowest BCUT2D eigenvalue weighted by atomic mass is 10.3. The van der Waals surface area contributed by atoms with E-state index in [2.05, 4.69) is 25.6 Å². The SMILES string of the molecule is CCc1nnc(NC(=O)NC(COC)C(=O)O)s1. The van der Waals surface area contributed by atoms with E-state index in [-0.39, 0.29) is 6.61 Å². The van der Waals surface area contributed by atoms with Crippen molar-refractivity contribution in [3.63, 3.8) is 0 Å². The topological polar surface area (TPSA) is 113 Å². The molecule has 9 heteroatoms. The zero-order valence-corrected chi connectivity index (χ0v) is 10.8. The summed E-state index contributed by atoms with van der Waals surface area (Å²) in [5.74, 6) is -1.17. The second-order valence-corrected chi connectivity index (χ2v) is 4.36. The number of rotatable bonds is 6. The van der Waals surface area contributed by atoms with E-state index in [0.29, 0.717) is 5.13 Å². The number of nitrogens with zero attached hydrogens (tertiary/aromatic N) is 2. The Kier molecular flexibility index (Phi) is 5.46. The summed E-state index contributed by atoms with van der Waals surface area (Å²) in [6.45, 7) is 1.81. The van der Waals surface area contributed by atoms with Crippen LogP contribution in [0.3, 0.4) is 0 Å². The first-order chi connectivity index (χ1) is 8.56. The molecule has 0 saturated heterocycles. The van der Waals surface area contributed by atoms with Gasteiger partial charge in [0, 0.05) is 7.11 Å². The summed E-state index contributed by atoms with van der Waals surface area (Å²) in [4.78, 5) is 22.3. The monoisotopic (exact) mass is 274 g/mol. The summed E-state index contributed by atoms with van der Waals surface area (Å²) in [5.41, 5.74) is 0. The van der Waals surface area contributed by atoms with Crippen molar-refractivity contribution in [1.82, 2.24) is 15.5 Å². The summed E-state index contributed by atoms with van der Waals surface area (Å²) in [6, 6.07) is -1.76. The highest BCUT2D eigenvalue weighted by Crippen LogP contribution is 2.14. The molecule has 0 radical (unpaired) electrons. The van der Waals surface area contributed by atoms with Crippen LogP contribution in [0.15, 0.2) is 0 Å². The lowest BCUT2D eigenvalue weighted by Gasteiger charge is -2.12. The van der Waals surface area contributed by atoms with Gasteiger partial charge in [-0.2, -0.15) is 0 Å². The van der Waals surface area contributed by atoms with Crippen LogP contribution in [0.1, 0.15) is 11.9 Å². The second-order valence-electron chi connectivity index (χ2n) is 3.30. The van der Waals surface area contributed by atoms with E-state index in [4.69, 9.17) is 5.11 Å². The first kappa shape index (κ1) is 14.3. The molecule has 1 atom stereocenters. The zero-order chi connectivity index (χ0) is 13.5. The molecular weight excluding hydrogens is 260 g/mol. The number of hydrogen-bond acceptors (Lipinski definition) is 6. The van der Waals surface area contributed by atoms with Crippen LogP contribution in [-0.4, -0.2) is 47.1 Å². The summed E-state index contributed by atoms with van der Waals surface area (Å²) < 4.78 is 4.69. The maximum atomic E-state index is 11.5. The van der Waals surface area contributed by atoms with Crippen LogP contribution >= 0.6 is 11.3 Å². The first-order valence-corrected chi connectivity index (χ1v) is 6.00. The zero-order valence-electron chi connectivity index (χ0n) is 9.97. The molecule has 1 heterocycles. The summed E-state index contributed by atoms with van der Waals surface area (Å²) in [6.07, 6.45) is 0.725. The van der Waals surface area contributed by atoms with E-state index in [1.807, 2.05) is 6.92 Å². The molecule has 18 heavy (non-hydrogen) atoms. The molecule has 2 amide bonds. The van der Waals surface area contributed by atoms with Crippen molar-refractivity contribution in [2.45, 2.75) is 19.4 Å². The molecular formula is C9H14N4O4S. The fourth-order valence-electron chi connectivity index (χ4n) is 1.08. The lowest BCUT2D eigenvalue weighted by molar-refractivity contribution is -0.140. The number of aryl methyl sites for hydroxylation is 1. The number of aromatic nitrogens is 2. The third-order valence-corrected chi connectivity index (χ3v) is 2.91. The number of carboxylic acid groups (broad SMARTS) is 1. The highest BCUT2D eigenvalue weighted by molar-refractivity contribution is 7.15. The Morgan fingerprint density at radius 3 is 2.72 bits per heavy atom. The van der Waals surface area contributed by atoms with Gasteiger partial charge in [-0.3, -0.25) is 5.32 Å². The first-order valence-electron chi connectivity index (χ1n) is 5.18. The Morgan fingerprint density at radius 2 is 2.22 bits per heavy atom. The molecule has 1 aromatic rings. The van der Waals surface area contributed by atoms with Crippen LogP contribution in [0.2, 0.25) is 0 Å². The van der Waals surface area contributed by atoms with Gasteiger partial charge in [0.15, 0.2) is 6.04 Å². The van der Waals surface area contributed by atoms with E-state index in [1.54, 1.807) is 0 Å². The lowest BCUT2D eigenvalue weighted by Crippen LogP contribution is -2.45. The second kappa shape index (κ2) is 6.87. The summed E-state index contributed by atoms with van der Waals surface area (Å²) in [7, 11) is 1.35. The van der Waals surface area contributed by atoms with E-state index < -0.39 is 18.0 Å². The Morgan fingerprint density at radius 1 is 1.50 bits per heavy atom. The Bertz CT molecular complexity index is 422. The maximum absolute atomic E-state index is 11.5. The van der Waals surface area contributed by atoms with Gasteiger partial charge < -0.3 is 15.2 Å². The number of carbonyl (C=O) groups is 2. The van der Waals surface area contributed by atoms with Crippen molar-refractivity contribution in [3.05, 3.63) is 5.01 Å². The minimum atomic E-state index is -1.17. The van der Waals surface area contributed by atoms with Crippen LogP contribution in [0.5, 0.6) is 0 Å². The van der Waals surface area contributed by atoms with Gasteiger partial charge in [0.2, 0.25) is 5.13 Å². The van der Waals surface area contributed by atoms with Crippen molar-refractivity contribution in [2.75, 3.05) is 19.0 Å². The summed E-state index contributed by atoms with van der Waals surface area (Å²) >= 11 is 1.24. The normalized spacial score (nSPS) is 11.9. The van der Waals surface area contributed by atoms with Crippen molar-refractivity contribution in [2.24, 2.45) is 0 Å². The smallest absolute Gasteiger partial charge is 0.328 e. The fraction of sp³-hybridized carbons (Fsp3) is 0.556. The molecule has 0 fully saturated rings. The number of carbonyl (C=O) groups excluding carboxylic acids is 1. The Labute approximate surface area is 107 Å². The number of anilines is 1. The molecule has 0 aliphatic carbocycles. The number of ether oxygens (including phenoxy) is 1. The number of methoxy groups -OCH3 is 1. The number of amides is 2. The van der Waals surface area contributed by atoms with Crippen molar-refractivity contribution >= 4 is 28.5 Å². The van der Waals surface area contributed by atoms with Crippen molar-refractivity contribution < 1.29 is 19.4 Å². The number of aliphatic carboxylic acids is 1. The molecule has 8 nitrogen and oxygen atoms in total. The van der Waals surface area contributed by atoms with Gasteiger partial charge in [-0.05, 0) is 6.42 Å². The molecule has 1 aromatic heterocycles. The van der Waals surface area contributed by atoms with Gasteiger partial charge in [-0.25, -0.2) is 9.59 Å². The van der Waals surface area contributed by atoms with Crippen molar-refractivity contribution in [3.8, 4) is 0 Å². The Balaban J connectivity index is 2.51. The van der Waals surface area contributed by atoms with Crippen LogP contribution in [0.25, 0.3) is 0 Å². The molecule has 3 N–H and O–H groups in total. The van der Waals surface area contributed by atoms with Crippen LogP contribution in [0.4, 0.5) is 9.93 Å². The van der Waals surface area contributed by atoms with E-state index >= 15 is 0 Å². The quantitative estimate of drug-likeness (QED) is 0.688. The molecule has 0 aromatic carbocycles. The van der Waals surface area contributed by atoms with E-state index in [1.165, 1.54) is 18.4 Å². The van der Waals surface area contributed by atoms with E-state index in [9.17, 15) is 9.59 Å². The molecule has 0 saturated carbocycles. The van der Waals surface area contributed by atoms with Gasteiger partial charge in [0.05, 0.1) is 6.61 Å². The van der Waals surface area contributed by atoms with Crippen LogP contribution in [-0.2, 0) is 16.0 Å². The largest absolute Gasteiger partial charge is 0.480 e. The highest BCUT2D eigenvalue weighted by Gasteiger charge is 2.20. The maximum Gasteiger partial charge on any atom is 0.328 e. The van der Waals surface area contributed by atoms with Gasteiger partial charge >= 0.3 is 12.0 Å². The molecule has 0 bridgehead atoms. The molecule has 100 valence electrons. The molecule has 0 spiro atoms. The van der Waals surface area contributed by atoms with Gasteiger partial charge in [-0.15, -0.1) is 10.2 Å². The molecule has 1 unspecified atom stereocenters. The average Bonchev–Trinajstić information content (AvgIpc) is 2.76. The number of hydrogen-bond donors (Lipinski definition) is 3. The van der Waals surface area contributed by atoms with E-state index in [0.717, 1.165) is 11.4 Å². The van der Waals surface area contributed by atoms with Crippen LogP contribution < -0.4 is 10.6 Å².